The summed E-state index contributed by atoms with van der Waals surface area (Å²) >= 11 is 5.81. The van der Waals surface area contributed by atoms with Crippen LogP contribution in [-0.2, 0) is 4.79 Å². The maximum absolute atomic E-state index is 13.2. The number of carbonyl (C=O) groups excluding carboxylic acids is 2. The standard InChI is InChI=1S/C24H17ClN6O5/c25-18-11-10-14(12-19(18)31(35)36)13-26-29-24(34)21(27-22(32)15-6-2-1-3-7-15)20-16-8-4-5-9-17(16)23(33)30-28-20/h1-13,21H,(H,27,32)(H,29,34)(H,30,33)/b26-13+. The third-order valence-electron chi connectivity index (χ3n) is 5.13. The molecule has 0 radical (unpaired) electrons. The number of amides is 2. The summed E-state index contributed by atoms with van der Waals surface area (Å²) in [5, 5.41) is 24.5. The normalized spacial score (nSPS) is 11.8. The van der Waals surface area contributed by atoms with Gasteiger partial charge in [0, 0.05) is 22.6 Å². The van der Waals surface area contributed by atoms with Crippen LogP contribution in [0.2, 0.25) is 5.02 Å². The van der Waals surface area contributed by atoms with E-state index in [1.807, 2.05) is 0 Å². The molecule has 0 aliphatic heterocycles. The number of rotatable bonds is 7. The summed E-state index contributed by atoms with van der Waals surface area (Å²) in [5.74, 6) is -1.31. The van der Waals surface area contributed by atoms with Gasteiger partial charge < -0.3 is 5.32 Å². The number of nitro groups is 1. The number of carbonyl (C=O) groups is 2. The monoisotopic (exact) mass is 504 g/mol. The molecule has 0 aliphatic rings. The number of nitro benzene ring substituents is 1. The zero-order chi connectivity index (χ0) is 25.7. The van der Waals surface area contributed by atoms with Crippen LogP contribution in [0, 0.1) is 10.1 Å². The van der Waals surface area contributed by atoms with E-state index in [1.54, 1.807) is 54.6 Å². The van der Waals surface area contributed by atoms with Gasteiger partial charge in [-0.25, -0.2) is 10.5 Å². The second-order valence-electron chi connectivity index (χ2n) is 7.46. The van der Waals surface area contributed by atoms with Crippen molar-refractivity contribution in [1.82, 2.24) is 20.9 Å². The molecule has 180 valence electrons. The quantitative estimate of drug-likeness (QED) is 0.199. The Hall–Kier alpha value is -4.90. The van der Waals surface area contributed by atoms with Crippen molar-refractivity contribution >= 4 is 46.1 Å². The molecule has 11 nitrogen and oxygen atoms in total. The highest BCUT2D eigenvalue weighted by atomic mass is 35.5. The molecule has 0 fully saturated rings. The smallest absolute Gasteiger partial charge is 0.288 e. The van der Waals surface area contributed by atoms with Crippen molar-refractivity contribution in [3.63, 3.8) is 0 Å². The van der Waals surface area contributed by atoms with Gasteiger partial charge in [0.05, 0.1) is 16.5 Å². The minimum atomic E-state index is -1.34. The molecule has 1 atom stereocenters. The molecule has 3 aromatic carbocycles. The van der Waals surface area contributed by atoms with E-state index < -0.39 is 28.3 Å². The van der Waals surface area contributed by atoms with Gasteiger partial charge in [0.2, 0.25) is 0 Å². The molecule has 1 aromatic heterocycles. The largest absolute Gasteiger partial charge is 0.335 e. The summed E-state index contributed by atoms with van der Waals surface area (Å²) in [4.78, 5) is 48.7. The fourth-order valence-electron chi connectivity index (χ4n) is 3.40. The van der Waals surface area contributed by atoms with Crippen LogP contribution >= 0.6 is 11.6 Å². The SMILES string of the molecule is O=C(NC(C(=O)N/N=C/c1ccc(Cl)c([N+](=O)[O-])c1)c1n[nH]c(=O)c2ccccc12)c1ccccc1. The minimum absolute atomic E-state index is 0.0408. The number of hydrazone groups is 1. The molecule has 0 aliphatic carbocycles. The molecule has 1 unspecified atom stereocenters. The van der Waals surface area contributed by atoms with E-state index in [-0.39, 0.29) is 21.8 Å². The molecule has 36 heavy (non-hydrogen) atoms. The number of halogens is 1. The molecular formula is C24H17ClN6O5. The molecule has 2 amide bonds. The average Bonchev–Trinajstić information content (AvgIpc) is 2.89. The molecule has 3 N–H and O–H groups in total. The summed E-state index contributed by atoms with van der Waals surface area (Å²) < 4.78 is 0. The predicted molar refractivity (Wildman–Crippen MR) is 133 cm³/mol. The lowest BCUT2D eigenvalue weighted by molar-refractivity contribution is -0.384. The van der Waals surface area contributed by atoms with Crippen LogP contribution in [0.3, 0.4) is 0 Å². The fourth-order valence-corrected chi connectivity index (χ4v) is 3.59. The number of aromatic amines is 1. The van der Waals surface area contributed by atoms with Gasteiger partial charge >= 0.3 is 0 Å². The van der Waals surface area contributed by atoms with Crippen LogP contribution in [0.1, 0.15) is 27.7 Å². The summed E-state index contributed by atoms with van der Waals surface area (Å²) in [6, 6.07) is 17.4. The summed E-state index contributed by atoms with van der Waals surface area (Å²) in [7, 11) is 0. The van der Waals surface area contributed by atoms with Crippen molar-refractivity contribution in [1.29, 1.82) is 0 Å². The first kappa shape index (κ1) is 24.2. The highest BCUT2D eigenvalue weighted by Gasteiger charge is 2.27. The van der Waals surface area contributed by atoms with Gasteiger partial charge in [0.25, 0.3) is 23.1 Å². The molecule has 4 aromatic rings. The van der Waals surface area contributed by atoms with E-state index in [2.05, 4.69) is 26.0 Å². The molecule has 1 heterocycles. The van der Waals surface area contributed by atoms with E-state index in [0.717, 1.165) is 0 Å². The van der Waals surface area contributed by atoms with Gasteiger partial charge in [-0.3, -0.25) is 24.5 Å². The van der Waals surface area contributed by atoms with Crippen molar-refractivity contribution in [3.05, 3.63) is 115 Å². The average molecular weight is 505 g/mol. The Morgan fingerprint density at radius 2 is 1.75 bits per heavy atom. The molecule has 0 saturated carbocycles. The third kappa shape index (κ3) is 5.26. The van der Waals surface area contributed by atoms with Crippen LogP contribution in [0.5, 0.6) is 0 Å². The molecule has 4 rings (SSSR count). The van der Waals surface area contributed by atoms with Crippen LogP contribution in [0.4, 0.5) is 5.69 Å². The zero-order valence-electron chi connectivity index (χ0n) is 18.3. The number of hydrogen-bond acceptors (Lipinski definition) is 7. The summed E-state index contributed by atoms with van der Waals surface area (Å²) in [5.41, 5.74) is 2.26. The number of hydrogen-bond donors (Lipinski definition) is 3. The van der Waals surface area contributed by atoms with Crippen LogP contribution in [0.15, 0.2) is 82.7 Å². The maximum atomic E-state index is 13.2. The Balaban J connectivity index is 1.66. The van der Waals surface area contributed by atoms with E-state index in [1.165, 1.54) is 24.4 Å². The topological polar surface area (TPSA) is 159 Å². The van der Waals surface area contributed by atoms with E-state index in [4.69, 9.17) is 11.6 Å². The lowest BCUT2D eigenvalue weighted by Gasteiger charge is -2.18. The first-order valence-corrected chi connectivity index (χ1v) is 10.8. The summed E-state index contributed by atoms with van der Waals surface area (Å²) in [6.45, 7) is 0. The molecule has 0 bridgehead atoms. The highest BCUT2D eigenvalue weighted by molar-refractivity contribution is 6.32. The lowest BCUT2D eigenvalue weighted by atomic mass is 10.0. The number of benzene rings is 3. The van der Waals surface area contributed by atoms with Crippen molar-refractivity contribution < 1.29 is 14.5 Å². The van der Waals surface area contributed by atoms with Gasteiger partial charge in [-0.1, -0.05) is 54.1 Å². The zero-order valence-corrected chi connectivity index (χ0v) is 19.1. The van der Waals surface area contributed by atoms with Crippen LogP contribution < -0.4 is 16.3 Å². The van der Waals surface area contributed by atoms with Crippen molar-refractivity contribution in [2.75, 3.05) is 0 Å². The number of aromatic nitrogens is 2. The van der Waals surface area contributed by atoms with E-state index in [9.17, 15) is 24.5 Å². The van der Waals surface area contributed by atoms with E-state index >= 15 is 0 Å². The van der Waals surface area contributed by atoms with Crippen molar-refractivity contribution in [3.8, 4) is 0 Å². The minimum Gasteiger partial charge on any atom is -0.335 e. The molecule has 0 spiro atoms. The Kier molecular flexibility index (Phi) is 7.12. The Morgan fingerprint density at radius 3 is 2.47 bits per heavy atom. The Morgan fingerprint density at radius 1 is 1.06 bits per heavy atom. The third-order valence-corrected chi connectivity index (χ3v) is 5.45. The van der Waals surface area contributed by atoms with Gasteiger partial charge in [-0.2, -0.15) is 10.2 Å². The molecule has 12 heteroatoms. The number of nitrogens with zero attached hydrogens (tertiary/aromatic N) is 3. The number of H-pyrrole nitrogens is 1. The van der Waals surface area contributed by atoms with E-state index in [0.29, 0.717) is 16.5 Å². The first-order chi connectivity index (χ1) is 17.3. The van der Waals surface area contributed by atoms with Gasteiger partial charge in [0.15, 0.2) is 6.04 Å². The van der Waals surface area contributed by atoms with Crippen LogP contribution in [-0.4, -0.2) is 33.1 Å². The van der Waals surface area contributed by atoms with Gasteiger partial charge in [-0.05, 0) is 24.3 Å². The van der Waals surface area contributed by atoms with Crippen molar-refractivity contribution in [2.45, 2.75) is 6.04 Å². The lowest BCUT2D eigenvalue weighted by Crippen LogP contribution is -2.40. The van der Waals surface area contributed by atoms with Crippen molar-refractivity contribution in [2.24, 2.45) is 5.10 Å². The van der Waals surface area contributed by atoms with Crippen LogP contribution in [0.25, 0.3) is 10.8 Å². The Bertz CT molecular complexity index is 1550. The molecular weight excluding hydrogens is 488 g/mol. The highest BCUT2D eigenvalue weighted by Crippen LogP contribution is 2.24. The number of fused-ring (bicyclic) bond motifs is 1. The first-order valence-electron chi connectivity index (χ1n) is 10.4. The Labute approximate surface area is 208 Å². The second kappa shape index (κ2) is 10.6. The summed E-state index contributed by atoms with van der Waals surface area (Å²) in [6.07, 6.45) is 1.19. The predicted octanol–water partition coefficient (Wildman–Crippen LogP) is 3.11. The van der Waals surface area contributed by atoms with Gasteiger partial charge in [0.1, 0.15) is 10.7 Å². The maximum Gasteiger partial charge on any atom is 0.288 e. The fraction of sp³-hybridized carbons (Fsp3) is 0.0417. The number of nitrogens with one attached hydrogen (secondary N) is 3. The second-order valence-corrected chi connectivity index (χ2v) is 7.87. The molecule has 0 saturated heterocycles. The van der Waals surface area contributed by atoms with Gasteiger partial charge in [-0.15, -0.1) is 0 Å².